The van der Waals surface area contributed by atoms with Gasteiger partial charge in [-0.3, -0.25) is 0 Å². The number of allylic oxidation sites excluding steroid dienone is 1. The third-order valence-electron chi connectivity index (χ3n) is 2.92. The topological polar surface area (TPSA) is 50.1 Å². The number of hydrogen-bond donors (Lipinski definition) is 0. The monoisotopic (exact) mass is 341 g/mol. The van der Waals surface area contributed by atoms with Gasteiger partial charge in [-0.25, -0.2) is 4.79 Å². The first-order chi connectivity index (χ1) is 10.1. The largest absolute Gasteiger partial charge is 0.465 e. The minimum Gasteiger partial charge on any atom is -0.465 e. The first-order valence-corrected chi connectivity index (χ1v) is 6.99. The fraction of sp³-hybridized carbons (Fsp3) is 0.0588. The molecule has 3 nitrogen and oxygen atoms in total. The summed E-state index contributed by atoms with van der Waals surface area (Å²) in [5.41, 5.74) is 2.74. The van der Waals surface area contributed by atoms with Crippen molar-refractivity contribution < 1.29 is 9.53 Å². The third kappa shape index (κ3) is 3.80. The van der Waals surface area contributed by atoms with E-state index in [4.69, 9.17) is 0 Å². The molecule has 0 radical (unpaired) electrons. The molecule has 0 aliphatic carbocycles. The molecule has 0 N–H and O–H groups in total. The van der Waals surface area contributed by atoms with Gasteiger partial charge in [0.05, 0.1) is 24.3 Å². The lowest BCUT2D eigenvalue weighted by molar-refractivity contribution is 0.0601. The van der Waals surface area contributed by atoms with Crippen LogP contribution in [0.4, 0.5) is 0 Å². The number of esters is 1. The second-order valence-electron chi connectivity index (χ2n) is 4.29. The van der Waals surface area contributed by atoms with Gasteiger partial charge >= 0.3 is 5.97 Å². The van der Waals surface area contributed by atoms with E-state index in [-0.39, 0.29) is 5.97 Å². The molecule has 4 heteroatoms. The van der Waals surface area contributed by atoms with Gasteiger partial charge in [0.2, 0.25) is 0 Å². The van der Waals surface area contributed by atoms with Crippen LogP contribution < -0.4 is 0 Å². The summed E-state index contributed by atoms with van der Waals surface area (Å²) >= 11 is 3.37. The molecule has 2 aromatic rings. The third-order valence-corrected chi connectivity index (χ3v) is 3.45. The molecule has 0 heterocycles. The number of benzene rings is 2. The summed E-state index contributed by atoms with van der Waals surface area (Å²) in [6.45, 7) is 0. The van der Waals surface area contributed by atoms with Crippen LogP contribution in [0.5, 0.6) is 0 Å². The van der Waals surface area contributed by atoms with Crippen LogP contribution in [0.3, 0.4) is 0 Å². The highest BCUT2D eigenvalue weighted by atomic mass is 79.9. The van der Waals surface area contributed by atoms with Crippen LogP contribution >= 0.6 is 15.9 Å². The van der Waals surface area contributed by atoms with Gasteiger partial charge in [0.15, 0.2) is 0 Å². The zero-order valence-corrected chi connectivity index (χ0v) is 12.9. The first kappa shape index (κ1) is 15.0. The summed E-state index contributed by atoms with van der Waals surface area (Å²) in [7, 11) is 1.34. The van der Waals surface area contributed by atoms with Crippen molar-refractivity contribution >= 4 is 33.5 Å². The van der Waals surface area contributed by atoms with Gasteiger partial charge in [0, 0.05) is 4.47 Å². The Morgan fingerprint density at radius 2 is 1.67 bits per heavy atom. The summed E-state index contributed by atoms with van der Waals surface area (Å²) in [6, 6.07) is 16.6. The van der Waals surface area contributed by atoms with Crippen molar-refractivity contribution in [2.45, 2.75) is 0 Å². The predicted octanol–water partition coefficient (Wildman–Crippen LogP) is 4.30. The van der Waals surface area contributed by atoms with Gasteiger partial charge < -0.3 is 4.74 Å². The Morgan fingerprint density at radius 3 is 2.19 bits per heavy atom. The lowest BCUT2D eigenvalue weighted by atomic mass is 10.0. The number of hydrogen-bond acceptors (Lipinski definition) is 3. The van der Waals surface area contributed by atoms with Crippen molar-refractivity contribution in [2.75, 3.05) is 7.11 Å². The fourth-order valence-electron chi connectivity index (χ4n) is 1.81. The van der Waals surface area contributed by atoms with E-state index in [2.05, 4.69) is 26.7 Å². The normalized spacial score (nSPS) is 10.8. The second-order valence-corrected chi connectivity index (χ2v) is 5.21. The first-order valence-electron chi connectivity index (χ1n) is 6.20. The lowest BCUT2D eigenvalue weighted by Gasteiger charge is -2.02. The fourth-order valence-corrected chi connectivity index (χ4v) is 2.07. The Kier molecular flexibility index (Phi) is 4.91. The molecule has 0 aliphatic rings. The molecule has 2 aromatic carbocycles. The van der Waals surface area contributed by atoms with Crippen molar-refractivity contribution in [1.29, 1.82) is 5.26 Å². The lowest BCUT2D eigenvalue weighted by Crippen LogP contribution is -2.00. The van der Waals surface area contributed by atoms with Crippen LogP contribution in [0, 0.1) is 11.3 Å². The molecule has 0 saturated heterocycles. The highest BCUT2D eigenvalue weighted by Crippen LogP contribution is 2.20. The van der Waals surface area contributed by atoms with Crippen LogP contribution in [0.1, 0.15) is 21.5 Å². The maximum absolute atomic E-state index is 11.4. The molecule has 0 saturated carbocycles. The molecule has 21 heavy (non-hydrogen) atoms. The Morgan fingerprint density at radius 1 is 1.10 bits per heavy atom. The zero-order chi connectivity index (χ0) is 15.2. The number of carbonyl (C=O) groups is 1. The van der Waals surface area contributed by atoms with Crippen molar-refractivity contribution in [3.63, 3.8) is 0 Å². The molecule has 0 bridgehead atoms. The van der Waals surface area contributed by atoms with Crippen LogP contribution in [-0.2, 0) is 4.74 Å². The summed E-state index contributed by atoms with van der Waals surface area (Å²) in [5.74, 6) is -0.376. The SMILES string of the molecule is COC(=O)c1ccc(/C=C(\C#N)c2ccc(Br)cc2)cc1. The van der Waals surface area contributed by atoms with E-state index >= 15 is 0 Å². The number of carbonyl (C=O) groups excluding carboxylic acids is 1. The van der Waals surface area contributed by atoms with Gasteiger partial charge in [-0.2, -0.15) is 5.26 Å². The zero-order valence-electron chi connectivity index (χ0n) is 11.3. The van der Waals surface area contributed by atoms with Crippen LogP contribution in [-0.4, -0.2) is 13.1 Å². The molecule has 0 amide bonds. The van der Waals surface area contributed by atoms with E-state index in [0.717, 1.165) is 15.6 Å². The average molecular weight is 342 g/mol. The van der Waals surface area contributed by atoms with Gasteiger partial charge in [-0.1, -0.05) is 40.2 Å². The van der Waals surface area contributed by atoms with Crippen molar-refractivity contribution in [1.82, 2.24) is 0 Å². The van der Waals surface area contributed by atoms with Crippen LogP contribution in [0.2, 0.25) is 0 Å². The van der Waals surface area contributed by atoms with E-state index in [1.54, 1.807) is 30.3 Å². The van der Waals surface area contributed by atoms with Crippen LogP contribution in [0.15, 0.2) is 53.0 Å². The average Bonchev–Trinajstić information content (AvgIpc) is 2.53. The second kappa shape index (κ2) is 6.87. The smallest absolute Gasteiger partial charge is 0.337 e. The molecule has 0 spiro atoms. The summed E-state index contributed by atoms with van der Waals surface area (Å²) in [6.07, 6.45) is 1.78. The summed E-state index contributed by atoms with van der Waals surface area (Å²) in [4.78, 5) is 11.4. The van der Waals surface area contributed by atoms with E-state index in [1.807, 2.05) is 24.3 Å². The van der Waals surface area contributed by atoms with E-state index in [1.165, 1.54) is 7.11 Å². The van der Waals surface area contributed by atoms with Gasteiger partial charge in [-0.05, 0) is 41.5 Å². The van der Waals surface area contributed by atoms with E-state index in [0.29, 0.717) is 11.1 Å². The Balaban J connectivity index is 2.30. The minimum absolute atomic E-state index is 0.376. The number of nitriles is 1. The molecular weight excluding hydrogens is 330 g/mol. The maximum Gasteiger partial charge on any atom is 0.337 e. The Labute approximate surface area is 131 Å². The Hall–Kier alpha value is -2.38. The maximum atomic E-state index is 11.4. The van der Waals surface area contributed by atoms with Crippen molar-refractivity contribution in [3.8, 4) is 6.07 Å². The molecule has 2 rings (SSSR count). The number of ether oxygens (including phenoxy) is 1. The number of methoxy groups -OCH3 is 1. The molecule has 104 valence electrons. The molecule has 0 aromatic heterocycles. The van der Waals surface area contributed by atoms with E-state index < -0.39 is 0 Å². The molecule has 0 aliphatic heterocycles. The minimum atomic E-state index is -0.376. The Bertz CT molecular complexity index is 710. The molecule has 0 atom stereocenters. The highest BCUT2D eigenvalue weighted by molar-refractivity contribution is 9.10. The van der Waals surface area contributed by atoms with Crippen LogP contribution in [0.25, 0.3) is 11.6 Å². The number of rotatable bonds is 3. The van der Waals surface area contributed by atoms with E-state index in [9.17, 15) is 10.1 Å². The van der Waals surface area contributed by atoms with Crippen molar-refractivity contribution in [3.05, 3.63) is 69.7 Å². The van der Waals surface area contributed by atoms with Gasteiger partial charge in [-0.15, -0.1) is 0 Å². The predicted molar refractivity (Wildman–Crippen MR) is 85.4 cm³/mol. The van der Waals surface area contributed by atoms with Gasteiger partial charge in [0.25, 0.3) is 0 Å². The van der Waals surface area contributed by atoms with Gasteiger partial charge in [0.1, 0.15) is 0 Å². The quantitative estimate of drug-likeness (QED) is 0.475. The standard InChI is InChI=1S/C17H12BrNO2/c1-21-17(20)14-4-2-12(3-5-14)10-15(11-19)13-6-8-16(18)9-7-13/h2-10H,1H3/b15-10+. The molecule has 0 fully saturated rings. The summed E-state index contributed by atoms with van der Waals surface area (Å²) < 4.78 is 5.61. The summed E-state index contributed by atoms with van der Waals surface area (Å²) in [5, 5.41) is 9.29. The molecular formula is C17H12BrNO2. The number of nitrogens with zero attached hydrogens (tertiary/aromatic N) is 1. The molecule has 0 unspecified atom stereocenters. The number of halogens is 1. The highest BCUT2D eigenvalue weighted by Gasteiger charge is 2.05. The van der Waals surface area contributed by atoms with Crippen molar-refractivity contribution in [2.24, 2.45) is 0 Å².